The van der Waals surface area contributed by atoms with Crippen molar-refractivity contribution in [1.29, 1.82) is 0 Å². The highest BCUT2D eigenvalue weighted by molar-refractivity contribution is 6.07. The number of anilines is 1. The van der Waals surface area contributed by atoms with Crippen LogP contribution in [0.2, 0.25) is 0 Å². The molecule has 0 saturated carbocycles. The SMILES string of the molecule is Cc1c(C(=O)N2CCOc3ccccc32)cnn1C. The lowest BCUT2D eigenvalue weighted by molar-refractivity contribution is 0.0976. The second kappa shape index (κ2) is 4.42. The molecule has 1 amide bonds. The van der Waals surface area contributed by atoms with Gasteiger partial charge in [-0.15, -0.1) is 0 Å². The van der Waals surface area contributed by atoms with Gasteiger partial charge >= 0.3 is 0 Å². The highest BCUT2D eigenvalue weighted by Gasteiger charge is 2.26. The molecule has 3 rings (SSSR count). The van der Waals surface area contributed by atoms with E-state index in [9.17, 15) is 4.79 Å². The van der Waals surface area contributed by atoms with Gasteiger partial charge in [-0.1, -0.05) is 12.1 Å². The molecule has 0 spiro atoms. The van der Waals surface area contributed by atoms with E-state index in [2.05, 4.69) is 5.10 Å². The average molecular weight is 257 g/mol. The number of nitrogens with zero attached hydrogens (tertiary/aromatic N) is 3. The third-order valence-corrected chi connectivity index (χ3v) is 3.44. The molecule has 1 aromatic heterocycles. The number of carbonyl (C=O) groups excluding carboxylic acids is 1. The maximum atomic E-state index is 12.6. The number of ether oxygens (including phenoxy) is 1. The van der Waals surface area contributed by atoms with Crippen molar-refractivity contribution in [2.75, 3.05) is 18.1 Å². The van der Waals surface area contributed by atoms with Crippen molar-refractivity contribution >= 4 is 11.6 Å². The lowest BCUT2D eigenvalue weighted by Crippen LogP contribution is -2.38. The van der Waals surface area contributed by atoms with Crippen LogP contribution in [0.4, 0.5) is 5.69 Å². The molecule has 1 aromatic carbocycles. The summed E-state index contributed by atoms with van der Waals surface area (Å²) in [5.41, 5.74) is 2.33. The number of para-hydroxylation sites is 2. The van der Waals surface area contributed by atoms with Gasteiger partial charge in [-0.25, -0.2) is 0 Å². The number of carbonyl (C=O) groups is 1. The fourth-order valence-corrected chi connectivity index (χ4v) is 2.23. The first-order valence-corrected chi connectivity index (χ1v) is 6.21. The third kappa shape index (κ3) is 1.87. The number of fused-ring (bicyclic) bond motifs is 1. The van der Waals surface area contributed by atoms with Gasteiger partial charge in [0.1, 0.15) is 12.4 Å². The molecule has 19 heavy (non-hydrogen) atoms. The maximum Gasteiger partial charge on any atom is 0.261 e. The van der Waals surface area contributed by atoms with Gasteiger partial charge in [-0.2, -0.15) is 5.10 Å². The summed E-state index contributed by atoms with van der Waals surface area (Å²) in [5, 5.41) is 4.13. The molecule has 0 atom stereocenters. The summed E-state index contributed by atoms with van der Waals surface area (Å²) < 4.78 is 7.27. The van der Waals surface area contributed by atoms with Gasteiger partial charge in [0.05, 0.1) is 24.0 Å². The molecule has 1 aliphatic rings. The molecule has 0 saturated heterocycles. The number of benzene rings is 1. The minimum absolute atomic E-state index is 0.0265. The van der Waals surface area contributed by atoms with Gasteiger partial charge in [-0.05, 0) is 19.1 Å². The van der Waals surface area contributed by atoms with E-state index in [0.29, 0.717) is 18.7 Å². The summed E-state index contributed by atoms with van der Waals surface area (Å²) in [6.07, 6.45) is 1.62. The zero-order chi connectivity index (χ0) is 13.4. The fraction of sp³-hybridized carbons (Fsp3) is 0.286. The van der Waals surface area contributed by atoms with E-state index in [1.165, 1.54) is 0 Å². The van der Waals surface area contributed by atoms with Crippen LogP contribution in [0.5, 0.6) is 5.75 Å². The molecule has 0 radical (unpaired) electrons. The zero-order valence-electron chi connectivity index (χ0n) is 11.0. The van der Waals surface area contributed by atoms with Crippen molar-refractivity contribution in [1.82, 2.24) is 9.78 Å². The van der Waals surface area contributed by atoms with Crippen molar-refractivity contribution in [3.05, 3.63) is 41.7 Å². The van der Waals surface area contributed by atoms with Gasteiger partial charge in [0.25, 0.3) is 5.91 Å². The molecule has 0 N–H and O–H groups in total. The van der Waals surface area contributed by atoms with Gasteiger partial charge < -0.3 is 9.64 Å². The summed E-state index contributed by atoms with van der Waals surface area (Å²) in [6, 6.07) is 7.59. The minimum atomic E-state index is -0.0265. The average Bonchev–Trinajstić information content (AvgIpc) is 2.78. The van der Waals surface area contributed by atoms with Crippen LogP contribution in [-0.2, 0) is 7.05 Å². The van der Waals surface area contributed by atoms with E-state index in [1.54, 1.807) is 15.8 Å². The fourth-order valence-electron chi connectivity index (χ4n) is 2.23. The Morgan fingerprint density at radius 1 is 1.37 bits per heavy atom. The standard InChI is InChI=1S/C14H15N3O2/c1-10-11(9-15-16(10)2)14(18)17-7-8-19-13-6-4-3-5-12(13)17/h3-6,9H,7-8H2,1-2H3. The number of rotatable bonds is 1. The predicted octanol–water partition coefficient (Wildman–Crippen LogP) is 1.77. The molecule has 1 aliphatic heterocycles. The lowest BCUT2D eigenvalue weighted by atomic mass is 10.2. The Balaban J connectivity index is 2.00. The summed E-state index contributed by atoms with van der Waals surface area (Å²) >= 11 is 0. The van der Waals surface area contributed by atoms with Crippen LogP contribution >= 0.6 is 0 Å². The van der Waals surface area contributed by atoms with Crippen LogP contribution in [0.3, 0.4) is 0 Å². The highest BCUT2D eigenvalue weighted by atomic mass is 16.5. The molecule has 98 valence electrons. The Morgan fingerprint density at radius 3 is 2.89 bits per heavy atom. The first-order valence-electron chi connectivity index (χ1n) is 6.21. The Morgan fingerprint density at radius 2 is 2.16 bits per heavy atom. The van der Waals surface area contributed by atoms with Crippen LogP contribution < -0.4 is 9.64 Å². The topological polar surface area (TPSA) is 47.4 Å². The molecular weight excluding hydrogens is 242 g/mol. The van der Waals surface area contributed by atoms with Gasteiger partial charge in [0, 0.05) is 12.7 Å². The second-order valence-corrected chi connectivity index (χ2v) is 4.54. The zero-order valence-corrected chi connectivity index (χ0v) is 11.0. The largest absolute Gasteiger partial charge is 0.490 e. The lowest BCUT2D eigenvalue weighted by Gasteiger charge is -2.29. The number of aryl methyl sites for hydroxylation is 1. The van der Waals surface area contributed by atoms with E-state index >= 15 is 0 Å². The monoisotopic (exact) mass is 257 g/mol. The molecular formula is C14H15N3O2. The normalized spacial score (nSPS) is 13.9. The Labute approximate surface area is 111 Å². The third-order valence-electron chi connectivity index (χ3n) is 3.44. The van der Waals surface area contributed by atoms with Crippen molar-refractivity contribution in [3.63, 3.8) is 0 Å². The first-order chi connectivity index (χ1) is 9.18. The van der Waals surface area contributed by atoms with E-state index in [0.717, 1.165) is 17.1 Å². The second-order valence-electron chi connectivity index (χ2n) is 4.54. The molecule has 0 unspecified atom stereocenters. The Bertz CT molecular complexity index is 633. The number of aromatic nitrogens is 2. The van der Waals surface area contributed by atoms with Crippen LogP contribution in [-0.4, -0.2) is 28.8 Å². The summed E-state index contributed by atoms with van der Waals surface area (Å²) in [7, 11) is 1.83. The van der Waals surface area contributed by atoms with Gasteiger partial charge in [0.2, 0.25) is 0 Å². The number of hydrogen-bond acceptors (Lipinski definition) is 3. The van der Waals surface area contributed by atoms with E-state index in [1.807, 2.05) is 38.2 Å². The predicted molar refractivity (Wildman–Crippen MR) is 71.6 cm³/mol. The minimum Gasteiger partial charge on any atom is -0.490 e. The van der Waals surface area contributed by atoms with Crippen LogP contribution in [0.1, 0.15) is 16.1 Å². The molecule has 2 aromatic rings. The van der Waals surface area contributed by atoms with Crippen molar-refractivity contribution in [2.45, 2.75) is 6.92 Å². The molecule has 5 heteroatoms. The summed E-state index contributed by atoms with van der Waals surface area (Å²) in [6.45, 7) is 2.97. The molecule has 0 fully saturated rings. The molecule has 2 heterocycles. The van der Waals surface area contributed by atoms with Gasteiger partial charge in [-0.3, -0.25) is 9.48 Å². The smallest absolute Gasteiger partial charge is 0.261 e. The summed E-state index contributed by atoms with van der Waals surface area (Å²) in [4.78, 5) is 14.4. The van der Waals surface area contributed by atoms with E-state index in [-0.39, 0.29) is 5.91 Å². The van der Waals surface area contributed by atoms with E-state index in [4.69, 9.17) is 4.74 Å². The number of amides is 1. The first kappa shape index (κ1) is 11.8. The van der Waals surface area contributed by atoms with Crippen LogP contribution in [0, 0.1) is 6.92 Å². The molecule has 0 aliphatic carbocycles. The van der Waals surface area contributed by atoms with Crippen molar-refractivity contribution < 1.29 is 9.53 Å². The van der Waals surface area contributed by atoms with Crippen molar-refractivity contribution in [3.8, 4) is 5.75 Å². The highest BCUT2D eigenvalue weighted by Crippen LogP contribution is 2.32. The number of hydrogen-bond donors (Lipinski definition) is 0. The van der Waals surface area contributed by atoms with Crippen molar-refractivity contribution in [2.24, 2.45) is 7.05 Å². The van der Waals surface area contributed by atoms with Crippen LogP contribution in [0.15, 0.2) is 30.5 Å². The molecule has 0 bridgehead atoms. The summed E-state index contributed by atoms with van der Waals surface area (Å²) in [5.74, 6) is 0.727. The Hall–Kier alpha value is -2.30. The quantitative estimate of drug-likeness (QED) is 0.782. The maximum absolute atomic E-state index is 12.6. The molecule has 5 nitrogen and oxygen atoms in total. The van der Waals surface area contributed by atoms with E-state index < -0.39 is 0 Å². The van der Waals surface area contributed by atoms with Gasteiger partial charge in [0.15, 0.2) is 0 Å². The Kier molecular flexibility index (Phi) is 2.74. The van der Waals surface area contributed by atoms with Crippen LogP contribution in [0.25, 0.3) is 0 Å².